The van der Waals surface area contributed by atoms with Gasteiger partial charge in [-0.3, -0.25) is 9.59 Å². The first-order valence-corrected chi connectivity index (χ1v) is 8.93. The third-order valence-corrected chi connectivity index (χ3v) is 5.03. The van der Waals surface area contributed by atoms with Crippen LogP contribution in [0.25, 0.3) is 11.4 Å². The number of aromatic nitrogens is 3. The van der Waals surface area contributed by atoms with E-state index in [1.165, 1.54) is 6.92 Å². The Labute approximate surface area is 159 Å². The molecular weight excluding hydrogens is 340 g/mol. The molecule has 0 spiro atoms. The molecule has 0 saturated carbocycles. The highest BCUT2D eigenvalue weighted by Crippen LogP contribution is 2.28. The summed E-state index contributed by atoms with van der Waals surface area (Å²) in [6, 6.07) is 3.64. The van der Waals surface area contributed by atoms with Crippen LogP contribution in [-0.4, -0.2) is 38.4 Å². The molecule has 27 heavy (non-hydrogen) atoms. The quantitative estimate of drug-likeness (QED) is 0.612. The van der Waals surface area contributed by atoms with Crippen LogP contribution in [0.1, 0.15) is 65.5 Å². The number of fused-ring (bicyclic) bond motifs is 1. The van der Waals surface area contributed by atoms with E-state index in [0.717, 1.165) is 28.1 Å². The first kappa shape index (κ1) is 18.8. The van der Waals surface area contributed by atoms with Crippen molar-refractivity contribution in [2.24, 2.45) is 0 Å². The van der Waals surface area contributed by atoms with E-state index in [1.54, 1.807) is 22.7 Å². The van der Waals surface area contributed by atoms with E-state index in [9.17, 15) is 9.59 Å². The Hall–Kier alpha value is -3.02. The van der Waals surface area contributed by atoms with E-state index >= 15 is 0 Å². The molecule has 0 atom stereocenters. The van der Waals surface area contributed by atoms with Gasteiger partial charge < -0.3 is 4.90 Å². The first-order chi connectivity index (χ1) is 12.8. The van der Waals surface area contributed by atoms with E-state index in [4.69, 9.17) is 4.98 Å². The summed E-state index contributed by atoms with van der Waals surface area (Å²) in [6.45, 7) is 9.94. The fraction of sp³-hybridized carbons (Fsp3) is 0.333. The number of hydrogen-bond donors (Lipinski definition) is 0. The molecule has 0 aliphatic carbocycles. The van der Waals surface area contributed by atoms with E-state index in [-0.39, 0.29) is 11.7 Å². The predicted octanol–water partition coefficient (Wildman–Crippen LogP) is 3.73. The van der Waals surface area contributed by atoms with Crippen LogP contribution >= 0.6 is 0 Å². The Morgan fingerprint density at radius 2 is 1.93 bits per heavy atom. The number of nitrogens with zero attached hydrogens (tertiary/aromatic N) is 4. The molecule has 0 aromatic carbocycles. The van der Waals surface area contributed by atoms with Crippen molar-refractivity contribution in [3.63, 3.8) is 0 Å². The van der Waals surface area contributed by atoms with Crippen molar-refractivity contribution in [3.8, 4) is 5.82 Å². The molecule has 0 fully saturated rings. The summed E-state index contributed by atoms with van der Waals surface area (Å²) in [7, 11) is 1.76. The first-order valence-electron chi connectivity index (χ1n) is 8.93. The van der Waals surface area contributed by atoms with Crippen LogP contribution in [-0.2, 0) is 6.54 Å². The average molecular weight is 364 g/mol. The minimum Gasteiger partial charge on any atom is -0.336 e. The SMILES string of the molecule is C/C=C\C(C)=C(\C)c1ccc(C(C)=O)c(-n2nc3c(c2C)CN(C)C3=O)n1. The van der Waals surface area contributed by atoms with Crippen molar-refractivity contribution in [1.29, 1.82) is 0 Å². The fourth-order valence-corrected chi connectivity index (χ4v) is 3.26. The monoisotopic (exact) mass is 364 g/mol. The van der Waals surface area contributed by atoms with Crippen molar-refractivity contribution in [2.75, 3.05) is 7.05 Å². The Morgan fingerprint density at radius 3 is 2.52 bits per heavy atom. The van der Waals surface area contributed by atoms with Gasteiger partial charge in [0.2, 0.25) is 0 Å². The largest absolute Gasteiger partial charge is 0.336 e. The zero-order chi connectivity index (χ0) is 19.9. The van der Waals surface area contributed by atoms with Gasteiger partial charge in [-0.15, -0.1) is 0 Å². The Kier molecular flexibility index (Phi) is 4.83. The van der Waals surface area contributed by atoms with E-state index in [1.807, 2.05) is 45.9 Å². The molecule has 6 nitrogen and oxygen atoms in total. The second-order valence-corrected chi connectivity index (χ2v) is 6.92. The summed E-state index contributed by atoms with van der Waals surface area (Å²) >= 11 is 0. The van der Waals surface area contributed by atoms with Crippen LogP contribution in [0.5, 0.6) is 0 Å². The van der Waals surface area contributed by atoms with Gasteiger partial charge in [-0.2, -0.15) is 5.10 Å². The van der Waals surface area contributed by atoms with E-state index < -0.39 is 0 Å². The van der Waals surface area contributed by atoms with Crippen LogP contribution in [0.15, 0.2) is 29.9 Å². The number of hydrogen-bond acceptors (Lipinski definition) is 4. The van der Waals surface area contributed by atoms with E-state index in [2.05, 4.69) is 5.10 Å². The second kappa shape index (κ2) is 6.95. The molecule has 2 aromatic heterocycles. The molecule has 1 amide bonds. The lowest BCUT2D eigenvalue weighted by atomic mass is 10.0. The zero-order valence-electron chi connectivity index (χ0n) is 16.6. The van der Waals surface area contributed by atoms with Crippen LogP contribution in [0.3, 0.4) is 0 Å². The number of pyridine rings is 1. The highest BCUT2D eigenvalue weighted by molar-refractivity contribution is 5.98. The summed E-state index contributed by atoms with van der Waals surface area (Å²) in [5.41, 5.74) is 5.56. The van der Waals surface area contributed by atoms with Gasteiger partial charge in [0.15, 0.2) is 17.3 Å². The van der Waals surface area contributed by atoms with Crippen molar-refractivity contribution in [1.82, 2.24) is 19.7 Å². The number of rotatable bonds is 4. The van der Waals surface area contributed by atoms with Crippen molar-refractivity contribution >= 4 is 17.3 Å². The molecule has 0 unspecified atom stereocenters. The molecule has 2 aromatic rings. The van der Waals surface area contributed by atoms with E-state index in [0.29, 0.717) is 23.6 Å². The zero-order valence-corrected chi connectivity index (χ0v) is 16.6. The molecule has 6 heteroatoms. The number of carbonyl (C=O) groups is 2. The molecule has 0 N–H and O–H groups in total. The van der Waals surface area contributed by atoms with Crippen LogP contribution in [0, 0.1) is 6.92 Å². The number of allylic oxidation sites excluding steroid dienone is 4. The Bertz CT molecular complexity index is 1010. The number of amides is 1. The maximum atomic E-state index is 12.3. The summed E-state index contributed by atoms with van der Waals surface area (Å²) in [5.74, 6) is 0.275. The molecule has 0 radical (unpaired) electrons. The standard InChI is InChI=1S/C21H24N4O2/c1-7-8-12(2)13(3)18-10-9-16(15(5)26)20(22-18)25-14(4)17-11-24(6)21(27)19(17)23-25/h7-10H,11H2,1-6H3/b8-7-,13-12-. The summed E-state index contributed by atoms with van der Waals surface area (Å²) < 4.78 is 1.63. The topological polar surface area (TPSA) is 68.1 Å². The minimum atomic E-state index is -0.104. The van der Waals surface area contributed by atoms with Crippen molar-refractivity contribution in [3.05, 3.63) is 58.1 Å². The summed E-state index contributed by atoms with van der Waals surface area (Å²) in [5, 5.41) is 4.50. The van der Waals surface area contributed by atoms with Gasteiger partial charge >= 0.3 is 0 Å². The Balaban J connectivity index is 2.21. The van der Waals surface area contributed by atoms with Gasteiger partial charge in [-0.1, -0.05) is 12.2 Å². The molecule has 1 aliphatic rings. The van der Waals surface area contributed by atoms with Crippen LogP contribution in [0.4, 0.5) is 0 Å². The maximum Gasteiger partial charge on any atom is 0.274 e. The van der Waals surface area contributed by atoms with Crippen LogP contribution < -0.4 is 0 Å². The van der Waals surface area contributed by atoms with Crippen LogP contribution in [0.2, 0.25) is 0 Å². The molecule has 3 heterocycles. The maximum absolute atomic E-state index is 12.3. The molecule has 3 rings (SSSR count). The predicted molar refractivity (Wildman–Crippen MR) is 105 cm³/mol. The fourth-order valence-electron chi connectivity index (χ4n) is 3.26. The molecule has 140 valence electrons. The third-order valence-electron chi connectivity index (χ3n) is 5.03. The lowest BCUT2D eigenvalue weighted by Crippen LogP contribution is -2.20. The summed E-state index contributed by atoms with van der Waals surface area (Å²) in [4.78, 5) is 30.9. The van der Waals surface area contributed by atoms with Gasteiger partial charge in [-0.25, -0.2) is 9.67 Å². The van der Waals surface area contributed by atoms with Gasteiger partial charge in [0.25, 0.3) is 5.91 Å². The molecule has 0 bridgehead atoms. The van der Waals surface area contributed by atoms with Gasteiger partial charge in [0.1, 0.15) is 0 Å². The second-order valence-electron chi connectivity index (χ2n) is 6.92. The summed E-state index contributed by atoms with van der Waals surface area (Å²) in [6.07, 6.45) is 4.01. The van der Waals surface area contributed by atoms with Gasteiger partial charge in [0.05, 0.1) is 11.3 Å². The third kappa shape index (κ3) is 3.12. The Morgan fingerprint density at radius 1 is 1.22 bits per heavy atom. The van der Waals surface area contributed by atoms with Crippen molar-refractivity contribution in [2.45, 2.75) is 41.2 Å². The normalized spacial score (nSPS) is 14.7. The number of ketones is 1. The molecule has 1 aliphatic heterocycles. The highest BCUT2D eigenvalue weighted by Gasteiger charge is 2.32. The van der Waals surface area contributed by atoms with Crippen molar-refractivity contribution < 1.29 is 9.59 Å². The average Bonchev–Trinajstić information content (AvgIpc) is 3.10. The van der Waals surface area contributed by atoms with Gasteiger partial charge in [0, 0.05) is 24.8 Å². The molecular formula is C21H24N4O2. The molecule has 0 saturated heterocycles. The number of Topliss-reactive ketones (excluding diaryl/α,β-unsaturated/α-hetero) is 1. The lowest BCUT2D eigenvalue weighted by Gasteiger charge is -2.13. The lowest BCUT2D eigenvalue weighted by molar-refractivity contribution is 0.0809. The van der Waals surface area contributed by atoms with Gasteiger partial charge in [-0.05, 0) is 57.9 Å². The number of carbonyl (C=O) groups excluding carboxylic acids is 2. The minimum absolute atomic E-state index is 0.0886. The smallest absolute Gasteiger partial charge is 0.274 e. The highest BCUT2D eigenvalue weighted by atomic mass is 16.2.